The summed E-state index contributed by atoms with van der Waals surface area (Å²) in [6.45, 7) is 0. The Balaban J connectivity index is 1.58. The summed E-state index contributed by atoms with van der Waals surface area (Å²) < 4.78 is 13.2. The molecule has 4 N–H and O–H groups in total. The SMILES string of the molecule is Nc1ccccc1NC(=O)c1ccc(/C(=C\c2ccc(F)cc2)C(=O)NC2CC2)cc1. The molecule has 156 valence electrons. The number of para-hydroxylation sites is 2. The van der Waals surface area contributed by atoms with Crippen LogP contribution >= 0.6 is 0 Å². The van der Waals surface area contributed by atoms with Gasteiger partial charge in [0.1, 0.15) is 5.82 Å². The maximum absolute atomic E-state index is 13.2. The molecule has 2 amide bonds. The molecular formula is C25H22FN3O2. The maximum Gasteiger partial charge on any atom is 0.255 e. The fourth-order valence-corrected chi connectivity index (χ4v) is 3.10. The molecule has 1 aliphatic carbocycles. The van der Waals surface area contributed by atoms with Crippen LogP contribution in [0, 0.1) is 5.82 Å². The summed E-state index contributed by atoms with van der Waals surface area (Å²) in [5.74, 6) is -0.826. The number of benzene rings is 3. The fourth-order valence-electron chi connectivity index (χ4n) is 3.10. The van der Waals surface area contributed by atoms with E-state index in [1.54, 1.807) is 66.7 Å². The van der Waals surface area contributed by atoms with Crippen molar-refractivity contribution >= 4 is 34.8 Å². The number of nitrogens with two attached hydrogens (primary N) is 1. The molecule has 5 nitrogen and oxygen atoms in total. The molecule has 3 aromatic carbocycles. The second-order valence-electron chi connectivity index (χ2n) is 7.48. The van der Waals surface area contributed by atoms with Crippen LogP contribution in [0.15, 0.2) is 72.8 Å². The van der Waals surface area contributed by atoms with E-state index in [0.29, 0.717) is 33.6 Å². The number of nitrogens with one attached hydrogen (secondary N) is 2. The normalized spacial score (nSPS) is 13.5. The Bertz CT molecular complexity index is 1130. The largest absolute Gasteiger partial charge is 0.397 e. The molecule has 1 saturated carbocycles. The topological polar surface area (TPSA) is 84.2 Å². The first-order chi connectivity index (χ1) is 15.0. The Hall–Kier alpha value is -3.93. The Labute approximate surface area is 179 Å². The van der Waals surface area contributed by atoms with Gasteiger partial charge >= 0.3 is 0 Å². The van der Waals surface area contributed by atoms with Crippen molar-refractivity contribution < 1.29 is 14.0 Å². The van der Waals surface area contributed by atoms with E-state index >= 15 is 0 Å². The zero-order valence-electron chi connectivity index (χ0n) is 16.8. The molecule has 1 fully saturated rings. The molecule has 0 heterocycles. The van der Waals surface area contributed by atoms with E-state index in [2.05, 4.69) is 10.6 Å². The Morgan fingerprint density at radius 2 is 1.55 bits per heavy atom. The summed E-state index contributed by atoms with van der Waals surface area (Å²) in [5, 5.41) is 5.77. The molecule has 0 bridgehead atoms. The van der Waals surface area contributed by atoms with Gasteiger partial charge < -0.3 is 16.4 Å². The average molecular weight is 415 g/mol. The third kappa shape index (κ3) is 5.17. The fraction of sp³-hybridized carbons (Fsp3) is 0.120. The number of nitrogen functional groups attached to an aromatic ring is 1. The molecule has 0 aromatic heterocycles. The van der Waals surface area contributed by atoms with Crippen LogP contribution in [0.1, 0.15) is 34.3 Å². The molecular weight excluding hydrogens is 393 g/mol. The number of carbonyl (C=O) groups excluding carboxylic acids is 2. The van der Waals surface area contributed by atoms with Crippen molar-refractivity contribution in [1.29, 1.82) is 0 Å². The molecule has 0 aliphatic heterocycles. The lowest BCUT2D eigenvalue weighted by atomic mass is 10.00. The van der Waals surface area contributed by atoms with Gasteiger partial charge in [-0.3, -0.25) is 9.59 Å². The summed E-state index contributed by atoms with van der Waals surface area (Å²) in [7, 11) is 0. The van der Waals surface area contributed by atoms with Gasteiger partial charge in [-0.05, 0) is 66.4 Å². The van der Waals surface area contributed by atoms with Crippen molar-refractivity contribution in [2.45, 2.75) is 18.9 Å². The summed E-state index contributed by atoms with van der Waals surface area (Å²) in [6, 6.07) is 19.9. The highest BCUT2D eigenvalue weighted by molar-refractivity contribution is 6.24. The lowest BCUT2D eigenvalue weighted by Crippen LogP contribution is -2.26. The van der Waals surface area contributed by atoms with Crippen molar-refractivity contribution in [3.05, 3.63) is 95.3 Å². The highest BCUT2D eigenvalue weighted by atomic mass is 19.1. The first-order valence-corrected chi connectivity index (χ1v) is 10.0. The van der Waals surface area contributed by atoms with E-state index < -0.39 is 0 Å². The van der Waals surface area contributed by atoms with Gasteiger partial charge in [-0.1, -0.05) is 36.4 Å². The molecule has 4 rings (SSSR count). The van der Waals surface area contributed by atoms with E-state index in [1.165, 1.54) is 12.1 Å². The van der Waals surface area contributed by atoms with Crippen LogP contribution in [0.3, 0.4) is 0 Å². The highest BCUT2D eigenvalue weighted by Crippen LogP contribution is 2.24. The minimum absolute atomic E-state index is 0.193. The van der Waals surface area contributed by atoms with Crippen molar-refractivity contribution in [2.75, 3.05) is 11.1 Å². The summed E-state index contributed by atoms with van der Waals surface area (Å²) in [5.41, 5.74) is 9.17. The molecule has 6 heteroatoms. The zero-order valence-corrected chi connectivity index (χ0v) is 16.8. The molecule has 0 atom stereocenters. The van der Waals surface area contributed by atoms with Crippen LogP contribution in [0.4, 0.5) is 15.8 Å². The van der Waals surface area contributed by atoms with Crippen LogP contribution in [0.5, 0.6) is 0 Å². The van der Waals surface area contributed by atoms with Crippen LogP contribution in [0.2, 0.25) is 0 Å². The van der Waals surface area contributed by atoms with Gasteiger partial charge in [-0.15, -0.1) is 0 Å². The van der Waals surface area contributed by atoms with Gasteiger partial charge in [-0.2, -0.15) is 0 Å². The maximum atomic E-state index is 13.2. The number of halogens is 1. The quantitative estimate of drug-likeness (QED) is 0.315. The smallest absolute Gasteiger partial charge is 0.255 e. The number of rotatable bonds is 6. The Kier molecular flexibility index (Phi) is 5.80. The standard InChI is InChI=1S/C25H22FN3O2/c26-19-11-5-16(6-12-19)15-21(25(31)28-20-13-14-20)17-7-9-18(10-8-17)24(30)29-23-4-2-1-3-22(23)27/h1-12,15,20H,13-14,27H2,(H,28,31)(H,29,30)/b21-15+. The van der Waals surface area contributed by atoms with E-state index in [0.717, 1.165) is 12.8 Å². The van der Waals surface area contributed by atoms with E-state index in [-0.39, 0.29) is 23.7 Å². The molecule has 0 saturated heterocycles. The van der Waals surface area contributed by atoms with Crippen molar-refractivity contribution in [3.8, 4) is 0 Å². The lowest BCUT2D eigenvalue weighted by Gasteiger charge is -2.11. The summed E-state index contributed by atoms with van der Waals surface area (Å²) >= 11 is 0. The van der Waals surface area contributed by atoms with Crippen LogP contribution in [-0.4, -0.2) is 17.9 Å². The first-order valence-electron chi connectivity index (χ1n) is 10.0. The van der Waals surface area contributed by atoms with Crippen LogP contribution < -0.4 is 16.4 Å². The Morgan fingerprint density at radius 1 is 0.903 bits per heavy atom. The molecule has 0 unspecified atom stereocenters. The predicted octanol–water partition coefficient (Wildman–Crippen LogP) is 4.48. The molecule has 0 spiro atoms. The number of hydrogen-bond acceptors (Lipinski definition) is 3. The molecule has 31 heavy (non-hydrogen) atoms. The summed E-state index contributed by atoms with van der Waals surface area (Å²) in [6.07, 6.45) is 3.66. The predicted molar refractivity (Wildman–Crippen MR) is 121 cm³/mol. The zero-order chi connectivity index (χ0) is 21.8. The van der Waals surface area contributed by atoms with Gasteiger partial charge in [-0.25, -0.2) is 4.39 Å². The van der Waals surface area contributed by atoms with Crippen LogP contribution in [0.25, 0.3) is 11.6 Å². The van der Waals surface area contributed by atoms with Gasteiger partial charge in [0, 0.05) is 17.2 Å². The number of carbonyl (C=O) groups is 2. The van der Waals surface area contributed by atoms with Crippen molar-refractivity contribution in [3.63, 3.8) is 0 Å². The number of hydrogen-bond donors (Lipinski definition) is 3. The first kappa shape index (κ1) is 20.3. The van der Waals surface area contributed by atoms with Gasteiger partial charge in [0.2, 0.25) is 0 Å². The highest BCUT2D eigenvalue weighted by Gasteiger charge is 2.25. The second kappa shape index (κ2) is 8.83. The Morgan fingerprint density at radius 3 is 2.19 bits per heavy atom. The minimum Gasteiger partial charge on any atom is -0.397 e. The minimum atomic E-state index is -0.337. The van der Waals surface area contributed by atoms with Gasteiger partial charge in [0.15, 0.2) is 0 Å². The monoisotopic (exact) mass is 415 g/mol. The van der Waals surface area contributed by atoms with Crippen LogP contribution in [-0.2, 0) is 4.79 Å². The third-order valence-corrected chi connectivity index (χ3v) is 5.01. The molecule has 0 radical (unpaired) electrons. The van der Waals surface area contributed by atoms with E-state index in [4.69, 9.17) is 5.73 Å². The van der Waals surface area contributed by atoms with Gasteiger partial charge in [0.05, 0.1) is 11.4 Å². The average Bonchev–Trinajstić information content (AvgIpc) is 3.59. The summed E-state index contributed by atoms with van der Waals surface area (Å²) in [4.78, 5) is 25.4. The molecule has 3 aromatic rings. The second-order valence-corrected chi connectivity index (χ2v) is 7.48. The number of anilines is 2. The van der Waals surface area contributed by atoms with Crippen molar-refractivity contribution in [2.24, 2.45) is 0 Å². The number of amides is 2. The van der Waals surface area contributed by atoms with E-state index in [9.17, 15) is 14.0 Å². The lowest BCUT2D eigenvalue weighted by molar-refractivity contribution is -0.115. The van der Waals surface area contributed by atoms with Gasteiger partial charge in [0.25, 0.3) is 11.8 Å². The van der Waals surface area contributed by atoms with Crippen molar-refractivity contribution in [1.82, 2.24) is 5.32 Å². The molecule has 1 aliphatic rings. The van der Waals surface area contributed by atoms with E-state index in [1.807, 2.05) is 0 Å². The third-order valence-electron chi connectivity index (χ3n) is 5.01.